The number of amides is 3. The molecular formula is C31H32F4N4O4. The van der Waals surface area contributed by atoms with Gasteiger partial charge in [-0.2, -0.15) is 13.2 Å². The molecule has 0 saturated carbocycles. The zero-order valence-electron chi connectivity index (χ0n) is 23.8. The maximum atomic E-state index is 16.2. The number of pyridine rings is 1. The van der Waals surface area contributed by atoms with E-state index >= 15 is 4.39 Å². The van der Waals surface area contributed by atoms with Gasteiger partial charge in [0.25, 0.3) is 0 Å². The Kier molecular flexibility index (Phi) is 7.22. The molecule has 8 nitrogen and oxygen atoms in total. The molecule has 0 spiro atoms. The summed E-state index contributed by atoms with van der Waals surface area (Å²) in [7, 11) is 0. The topological polar surface area (TPSA) is 95.0 Å². The van der Waals surface area contributed by atoms with Gasteiger partial charge >= 0.3 is 12.2 Å². The number of ether oxygens (including phenoxy) is 1. The maximum Gasteiger partial charge on any atom is 0.416 e. The first kappa shape index (κ1) is 29.5. The second-order valence-corrected chi connectivity index (χ2v) is 12.3. The molecule has 1 atom stereocenters. The van der Waals surface area contributed by atoms with E-state index in [1.165, 1.54) is 29.3 Å². The van der Waals surface area contributed by atoms with E-state index in [9.17, 15) is 27.9 Å². The second kappa shape index (κ2) is 10.5. The molecule has 2 N–H and O–H groups in total. The largest absolute Gasteiger partial charge is 0.416 e. The number of imide groups is 1. The van der Waals surface area contributed by atoms with Gasteiger partial charge in [0.15, 0.2) is 0 Å². The number of benzene rings is 2. The van der Waals surface area contributed by atoms with Crippen LogP contribution in [-0.2, 0) is 27.9 Å². The minimum atomic E-state index is -4.45. The Balaban J connectivity index is 1.25. The minimum Gasteiger partial charge on any atom is -0.384 e. The van der Waals surface area contributed by atoms with Crippen molar-refractivity contribution in [3.8, 4) is 0 Å². The molecule has 1 aromatic heterocycles. The molecule has 0 bridgehead atoms. The number of likely N-dealkylation sites (tertiary alicyclic amines) is 1. The van der Waals surface area contributed by atoms with Crippen molar-refractivity contribution in [3.63, 3.8) is 0 Å². The fourth-order valence-electron chi connectivity index (χ4n) is 6.47. The molecule has 0 radical (unpaired) electrons. The van der Waals surface area contributed by atoms with Crippen molar-refractivity contribution < 1.29 is 37.0 Å². The van der Waals surface area contributed by atoms with Crippen LogP contribution in [0.15, 0.2) is 42.6 Å². The fourth-order valence-corrected chi connectivity index (χ4v) is 6.47. The van der Waals surface area contributed by atoms with E-state index < -0.39 is 34.6 Å². The Bertz CT molecular complexity index is 1610. The number of halogens is 4. The van der Waals surface area contributed by atoms with E-state index in [1.54, 1.807) is 12.1 Å². The monoisotopic (exact) mass is 600 g/mol. The van der Waals surface area contributed by atoms with Crippen LogP contribution in [0.3, 0.4) is 0 Å². The van der Waals surface area contributed by atoms with Crippen LogP contribution >= 0.6 is 0 Å². The summed E-state index contributed by atoms with van der Waals surface area (Å²) in [6, 6.07) is 8.29. The van der Waals surface area contributed by atoms with E-state index in [2.05, 4.69) is 15.2 Å². The summed E-state index contributed by atoms with van der Waals surface area (Å²) in [6.45, 7) is 5.48. The zero-order chi connectivity index (χ0) is 30.7. The van der Waals surface area contributed by atoms with E-state index in [1.807, 2.05) is 13.8 Å². The molecule has 4 heterocycles. The third kappa shape index (κ3) is 5.25. The highest BCUT2D eigenvalue weighted by Gasteiger charge is 2.50. The van der Waals surface area contributed by atoms with E-state index in [0.29, 0.717) is 30.8 Å². The van der Waals surface area contributed by atoms with Crippen molar-refractivity contribution in [1.29, 1.82) is 0 Å². The van der Waals surface area contributed by atoms with Crippen LogP contribution in [0, 0.1) is 11.2 Å². The van der Waals surface area contributed by atoms with Gasteiger partial charge in [-0.15, -0.1) is 0 Å². The average Bonchev–Trinajstić information content (AvgIpc) is 2.89. The van der Waals surface area contributed by atoms with Gasteiger partial charge < -0.3 is 9.84 Å². The third-order valence-corrected chi connectivity index (χ3v) is 9.03. The summed E-state index contributed by atoms with van der Waals surface area (Å²) < 4.78 is 62.3. The normalized spacial score (nSPS) is 23.4. The van der Waals surface area contributed by atoms with Crippen molar-refractivity contribution in [2.45, 2.75) is 50.9 Å². The standard InChI is InChI=1S/C31H32F4N4O4/c1-29(2)17-38(14-18-3-4-23(31(33,34)35)21(11-18)19-15-43-16-19)10-8-30(29,42)24-5-6-25-22(27(24)32)12-20(13-36-25)39-9-7-26(40)37-28(39)41/h3-6,11-13,19,42H,7-10,14-17H2,1-2H3,(H,37,40,41). The predicted octanol–water partition coefficient (Wildman–Crippen LogP) is 5.07. The highest BCUT2D eigenvalue weighted by atomic mass is 19.4. The lowest BCUT2D eigenvalue weighted by molar-refractivity contribution is -0.139. The number of urea groups is 1. The second-order valence-electron chi connectivity index (χ2n) is 12.3. The number of alkyl halides is 3. The average molecular weight is 601 g/mol. The van der Waals surface area contributed by atoms with Crippen LogP contribution in [0.4, 0.5) is 28.0 Å². The first-order valence-electron chi connectivity index (χ1n) is 14.2. The van der Waals surface area contributed by atoms with Gasteiger partial charge in [-0.1, -0.05) is 32.0 Å². The van der Waals surface area contributed by atoms with E-state index in [-0.39, 0.29) is 60.9 Å². The quantitative estimate of drug-likeness (QED) is 0.397. The Labute approximate surface area is 245 Å². The van der Waals surface area contributed by atoms with Gasteiger partial charge in [-0.25, -0.2) is 9.18 Å². The molecule has 12 heteroatoms. The molecule has 3 saturated heterocycles. The number of aromatic nitrogens is 1. The highest BCUT2D eigenvalue weighted by Crippen LogP contribution is 2.48. The molecule has 228 valence electrons. The lowest BCUT2D eigenvalue weighted by Crippen LogP contribution is -2.55. The Morgan fingerprint density at radius 1 is 1.12 bits per heavy atom. The van der Waals surface area contributed by atoms with Gasteiger partial charge in [-0.05, 0) is 35.7 Å². The van der Waals surface area contributed by atoms with E-state index in [4.69, 9.17) is 4.74 Å². The number of carbonyl (C=O) groups excluding carboxylic acids is 2. The van der Waals surface area contributed by atoms with Crippen molar-refractivity contribution in [2.24, 2.45) is 5.41 Å². The molecule has 3 aliphatic rings. The number of nitrogens with zero attached hydrogens (tertiary/aromatic N) is 3. The molecule has 1 unspecified atom stereocenters. The molecule has 3 amide bonds. The number of nitrogens with one attached hydrogen (secondary N) is 1. The van der Waals surface area contributed by atoms with Gasteiger partial charge in [-0.3, -0.25) is 24.9 Å². The number of anilines is 1. The summed E-state index contributed by atoms with van der Waals surface area (Å²) in [5.74, 6) is -1.32. The lowest BCUT2D eigenvalue weighted by atomic mass is 9.66. The van der Waals surface area contributed by atoms with Crippen molar-refractivity contribution in [3.05, 3.63) is 70.7 Å². The Morgan fingerprint density at radius 2 is 1.88 bits per heavy atom. The Hall–Kier alpha value is -3.61. The van der Waals surface area contributed by atoms with Crippen LogP contribution < -0.4 is 10.2 Å². The summed E-state index contributed by atoms with van der Waals surface area (Å²) >= 11 is 0. The van der Waals surface area contributed by atoms with Crippen LogP contribution in [-0.4, -0.2) is 59.8 Å². The van der Waals surface area contributed by atoms with Gasteiger partial charge in [0, 0.05) is 54.9 Å². The number of fused-ring (bicyclic) bond motifs is 1. The van der Waals surface area contributed by atoms with Crippen molar-refractivity contribution in [2.75, 3.05) is 37.7 Å². The Morgan fingerprint density at radius 3 is 2.53 bits per heavy atom. The molecule has 3 aromatic rings. The highest BCUT2D eigenvalue weighted by molar-refractivity contribution is 6.06. The van der Waals surface area contributed by atoms with Crippen LogP contribution in [0.5, 0.6) is 0 Å². The molecule has 43 heavy (non-hydrogen) atoms. The summed E-state index contributed by atoms with van der Waals surface area (Å²) in [5, 5.41) is 14.4. The van der Waals surface area contributed by atoms with Crippen molar-refractivity contribution in [1.82, 2.24) is 15.2 Å². The number of carbonyl (C=O) groups is 2. The molecule has 2 aromatic carbocycles. The van der Waals surface area contributed by atoms with Crippen LogP contribution in [0.2, 0.25) is 0 Å². The number of rotatable bonds is 5. The first-order valence-corrected chi connectivity index (χ1v) is 14.2. The molecule has 0 aliphatic carbocycles. The molecule has 6 rings (SSSR count). The van der Waals surface area contributed by atoms with Gasteiger partial charge in [0.1, 0.15) is 5.82 Å². The summed E-state index contributed by atoms with van der Waals surface area (Å²) in [5.41, 5.74) is -1.26. The maximum absolute atomic E-state index is 16.2. The summed E-state index contributed by atoms with van der Waals surface area (Å²) in [6.07, 6.45) is -2.71. The molecule has 3 aliphatic heterocycles. The minimum absolute atomic E-state index is 0.111. The number of hydrogen-bond acceptors (Lipinski definition) is 6. The van der Waals surface area contributed by atoms with Gasteiger partial charge in [0.2, 0.25) is 5.91 Å². The van der Waals surface area contributed by atoms with Crippen molar-refractivity contribution >= 4 is 28.5 Å². The number of piperidine rings is 1. The fraction of sp³-hybridized carbons (Fsp3) is 0.452. The van der Waals surface area contributed by atoms with E-state index in [0.717, 1.165) is 11.6 Å². The number of hydrogen-bond donors (Lipinski definition) is 2. The smallest absolute Gasteiger partial charge is 0.384 e. The van der Waals surface area contributed by atoms with Crippen LogP contribution in [0.1, 0.15) is 54.9 Å². The first-order chi connectivity index (χ1) is 20.3. The molecular weight excluding hydrogens is 568 g/mol. The van der Waals surface area contributed by atoms with Crippen LogP contribution in [0.25, 0.3) is 10.9 Å². The molecule has 3 fully saturated rings. The lowest BCUT2D eigenvalue weighted by Gasteiger charge is -2.50. The van der Waals surface area contributed by atoms with Gasteiger partial charge in [0.05, 0.1) is 41.8 Å². The number of aliphatic hydroxyl groups is 1. The predicted molar refractivity (Wildman–Crippen MR) is 150 cm³/mol. The SMILES string of the molecule is CC1(C)CN(Cc2ccc(C(F)(F)F)c(C3COC3)c2)CCC1(O)c1ccc2ncc(N3CCC(=O)NC3=O)cc2c1F. The summed E-state index contributed by atoms with van der Waals surface area (Å²) in [4.78, 5) is 31.6. The zero-order valence-corrected chi connectivity index (χ0v) is 23.8. The third-order valence-electron chi connectivity index (χ3n) is 9.03.